The minimum Gasteiger partial charge on any atom is -0.467 e. The third kappa shape index (κ3) is 4.12. The number of carbonyl (C=O) groups excluding carboxylic acids is 3. The van der Waals surface area contributed by atoms with Crippen LogP contribution >= 0.6 is 0 Å². The number of nitrogens with one attached hydrogen (secondary N) is 1. The molecule has 0 spiro atoms. The van der Waals surface area contributed by atoms with E-state index in [0.717, 1.165) is 18.2 Å². The summed E-state index contributed by atoms with van der Waals surface area (Å²) in [6.07, 6.45) is 1.88. The van der Waals surface area contributed by atoms with Gasteiger partial charge in [0.05, 0.1) is 7.11 Å². The van der Waals surface area contributed by atoms with Gasteiger partial charge in [-0.1, -0.05) is 0 Å². The van der Waals surface area contributed by atoms with E-state index in [9.17, 15) is 23.2 Å². The number of hydrogen-bond donors (Lipinski definition) is 1. The van der Waals surface area contributed by atoms with Gasteiger partial charge in [0.15, 0.2) is 11.6 Å². The van der Waals surface area contributed by atoms with Crippen molar-refractivity contribution in [1.82, 2.24) is 5.32 Å². The van der Waals surface area contributed by atoms with Crippen molar-refractivity contribution in [1.29, 1.82) is 0 Å². The van der Waals surface area contributed by atoms with Crippen molar-refractivity contribution in [3.63, 3.8) is 0 Å². The lowest BCUT2D eigenvalue weighted by atomic mass is 9.83. The summed E-state index contributed by atoms with van der Waals surface area (Å²) < 4.78 is 30.8. The van der Waals surface area contributed by atoms with Crippen LogP contribution in [0.15, 0.2) is 18.2 Å². The lowest BCUT2D eigenvalue weighted by Gasteiger charge is -2.28. The summed E-state index contributed by atoms with van der Waals surface area (Å²) in [4.78, 5) is 35.7. The Balaban J connectivity index is 2.16. The van der Waals surface area contributed by atoms with Crippen LogP contribution in [0.4, 0.5) is 8.78 Å². The molecule has 124 valence electrons. The smallest absolute Gasteiger partial charge is 0.328 e. The monoisotopic (exact) mass is 325 g/mol. The molecule has 0 saturated heterocycles. The summed E-state index contributed by atoms with van der Waals surface area (Å²) in [5, 5.41) is 2.47. The molecule has 0 radical (unpaired) electrons. The lowest BCUT2D eigenvalue weighted by Crippen LogP contribution is -2.48. The molecule has 0 aromatic heterocycles. The minimum absolute atomic E-state index is 0.0252. The van der Waals surface area contributed by atoms with Crippen LogP contribution in [0.25, 0.3) is 0 Å². The second-order valence-electron chi connectivity index (χ2n) is 5.50. The number of halogens is 2. The minimum atomic E-state index is -1.15. The van der Waals surface area contributed by atoms with Crippen LogP contribution in [0, 0.1) is 17.6 Å². The predicted molar refractivity (Wildman–Crippen MR) is 76.6 cm³/mol. The van der Waals surface area contributed by atoms with Crippen LogP contribution in [0.2, 0.25) is 0 Å². The molecule has 1 aliphatic carbocycles. The highest BCUT2D eigenvalue weighted by Crippen LogP contribution is 2.25. The van der Waals surface area contributed by atoms with Crippen LogP contribution in [-0.2, 0) is 14.3 Å². The first-order valence-corrected chi connectivity index (χ1v) is 7.28. The van der Waals surface area contributed by atoms with Gasteiger partial charge < -0.3 is 10.1 Å². The first-order valence-electron chi connectivity index (χ1n) is 7.28. The molecular weight excluding hydrogens is 308 g/mol. The highest BCUT2D eigenvalue weighted by molar-refractivity contribution is 5.97. The number of ether oxygens (including phenoxy) is 1. The third-order valence-electron chi connectivity index (χ3n) is 3.92. The maximum Gasteiger partial charge on any atom is 0.328 e. The van der Waals surface area contributed by atoms with Crippen LogP contribution in [0.3, 0.4) is 0 Å². The number of Topliss-reactive ketones (excluding diaryl/α,β-unsaturated/α-hetero) is 1. The molecule has 1 aliphatic rings. The molecule has 0 unspecified atom stereocenters. The number of esters is 1. The molecule has 1 saturated carbocycles. The average Bonchev–Trinajstić information content (AvgIpc) is 2.54. The fraction of sp³-hybridized carbons (Fsp3) is 0.438. The van der Waals surface area contributed by atoms with Crippen LogP contribution in [-0.4, -0.2) is 30.8 Å². The van der Waals surface area contributed by atoms with Gasteiger partial charge >= 0.3 is 5.97 Å². The number of hydrogen-bond acceptors (Lipinski definition) is 4. The Bertz CT molecular complexity index is 633. The van der Waals surface area contributed by atoms with Crippen LogP contribution in [0.5, 0.6) is 0 Å². The van der Waals surface area contributed by atoms with E-state index in [1.54, 1.807) is 0 Å². The lowest BCUT2D eigenvalue weighted by molar-refractivity contribution is -0.145. The van der Waals surface area contributed by atoms with Crippen molar-refractivity contribution in [3.05, 3.63) is 35.4 Å². The summed E-state index contributed by atoms with van der Waals surface area (Å²) in [5.74, 6) is -3.95. The van der Waals surface area contributed by atoms with E-state index in [2.05, 4.69) is 10.1 Å². The number of ketones is 1. The zero-order valence-corrected chi connectivity index (χ0v) is 12.6. The molecule has 0 bridgehead atoms. The Morgan fingerprint density at radius 2 is 2.04 bits per heavy atom. The summed E-state index contributed by atoms with van der Waals surface area (Å²) in [5.41, 5.74) is -0.111. The van der Waals surface area contributed by atoms with Crippen molar-refractivity contribution in [3.8, 4) is 0 Å². The summed E-state index contributed by atoms with van der Waals surface area (Å²) in [6, 6.07) is 1.71. The van der Waals surface area contributed by atoms with Crippen molar-refractivity contribution in [2.75, 3.05) is 7.11 Å². The quantitative estimate of drug-likeness (QED) is 0.860. The predicted octanol–water partition coefficient (Wildman–Crippen LogP) is 2.00. The van der Waals surface area contributed by atoms with Gasteiger partial charge in [-0.25, -0.2) is 13.6 Å². The highest BCUT2D eigenvalue weighted by Gasteiger charge is 2.34. The Labute approximate surface area is 132 Å². The highest BCUT2D eigenvalue weighted by atomic mass is 19.2. The molecule has 1 aromatic carbocycles. The number of benzene rings is 1. The van der Waals surface area contributed by atoms with E-state index in [-0.39, 0.29) is 23.7 Å². The summed E-state index contributed by atoms with van der Waals surface area (Å²) >= 11 is 0. The molecule has 0 heterocycles. The SMILES string of the molecule is COC(=O)[C@H](NC(=O)c1ccc(F)c(F)c1)[C@@H]1CCCC(=O)C1. The average molecular weight is 325 g/mol. The van der Waals surface area contributed by atoms with Crippen LogP contribution < -0.4 is 5.32 Å². The number of rotatable bonds is 4. The Morgan fingerprint density at radius 1 is 1.30 bits per heavy atom. The third-order valence-corrected chi connectivity index (χ3v) is 3.92. The van der Waals surface area contributed by atoms with E-state index in [0.29, 0.717) is 19.3 Å². The van der Waals surface area contributed by atoms with E-state index in [4.69, 9.17) is 0 Å². The molecule has 1 fully saturated rings. The Morgan fingerprint density at radius 3 is 2.65 bits per heavy atom. The van der Waals surface area contributed by atoms with E-state index in [1.807, 2.05) is 0 Å². The normalized spacial score (nSPS) is 19.1. The van der Waals surface area contributed by atoms with Crippen molar-refractivity contribution < 1.29 is 27.9 Å². The maximum atomic E-state index is 13.2. The molecule has 2 atom stereocenters. The second-order valence-corrected chi connectivity index (χ2v) is 5.50. The van der Waals surface area contributed by atoms with Gasteiger partial charge in [-0.15, -0.1) is 0 Å². The molecule has 1 N–H and O–H groups in total. The van der Waals surface area contributed by atoms with Crippen molar-refractivity contribution >= 4 is 17.7 Å². The standard InChI is InChI=1S/C16H17F2NO4/c1-23-16(22)14(9-3-2-4-11(20)7-9)19-15(21)10-5-6-12(17)13(18)8-10/h5-6,8-9,14H,2-4,7H2,1H3,(H,19,21)/t9-,14-/m1/s1. The first kappa shape index (κ1) is 17.1. The molecule has 0 aliphatic heterocycles. The zero-order valence-electron chi connectivity index (χ0n) is 12.6. The number of carbonyl (C=O) groups is 3. The van der Waals surface area contributed by atoms with Crippen molar-refractivity contribution in [2.45, 2.75) is 31.7 Å². The van der Waals surface area contributed by atoms with Crippen LogP contribution in [0.1, 0.15) is 36.0 Å². The second kappa shape index (κ2) is 7.30. The fourth-order valence-corrected chi connectivity index (χ4v) is 2.70. The van der Waals surface area contributed by atoms with Gasteiger partial charge in [0.1, 0.15) is 11.8 Å². The van der Waals surface area contributed by atoms with E-state index >= 15 is 0 Å². The molecule has 5 nitrogen and oxygen atoms in total. The van der Waals surface area contributed by atoms with Crippen molar-refractivity contribution in [2.24, 2.45) is 5.92 Å². The Hall–Kier alpha value is -2.31. The fourth-order valence-electron chi connectivity index (χ4n) is 2.70. The van der Waals surface area contributed by atoms with Gasteiger partial charge in [0.2, 0.25) is 0 Å². The summed E-state index contributed by atoms with van der Waals surface area (Å²) in [7, 11) is 1.18. The van der Waals surface area contributed by atoms with E-state index in [1.165, 1.54) is 7.11 Å². The molecule has 23 heavy (non-hydrogen) atoms. The molecule has 1 amide bonds. The molecule has 7 heteroatoms. The summed E-state index contributed by atoms with van der Waals surface area (Å²) in [6.45, 7) is 0. The van der Waals surface area contributed by atoms with Gasteiger partial charge in [-0.2, -0.15) is 0 Å². The van der Waals surface area contributed by atoms with Gasteiger partial charge in [-0.3, -0.25) is 9.59 Å². The zero-order chi connectivity index (χ0) is 17.0. The maximum absolute atomic E-state index is 13.2. The topological polar surface area (TPSA) is 72.5 Å². The Kier molecular flexibility index (Phi) is 5.41. The van der Waals surface area contributed by atoms with E-state index < -0.39 is 29.6 Å². The van der Waals surface area contributed by atoms with Gasteiger partial charge in [0.25, 0.3) is 5.91 Å². The number of methoxy groups -OCH3 is 1. The number of amides is 1. The molecule has 2 rings (SSSR count). The molecular formula is C16H17F2NO4. The van der Waals surface area contributed by atoms with Gasteiger partial charge in [0, 0.05) is 18.4 Å². The molecule has 1 aromatic rings. The first-order chi connectivity index (χ1) is 10.9. The van der Waals surface area contributed by atoms with Gasteiger partial charge in [-0.05, 0) is 37.0 Å². The largest absolute Gasteiger partial charge is 0.467 e.